The molecule has 0 aliphatic carbocycles. The van der Waals surface area contributed by atoms with Crippen LogP contribution in [-0.2, 0) is 11.3 Å². The molecule has 4 aromatic rings. The second-order valence-electron chi connectivity index (χ2n) is 6.02. The molecule has 0 spiro atoms. The molecule has 2 aromatic carbocycles. The summed E-state index contributed by atoms with van der Waals surface area (Å²) in [4.78, 5) is 18.4. The molecule has 0 unspecified atom stereocenters. The van der Waals surface area contributed by atoms with Crippen LogP contribution in [0.1, 0.15) is 5.56 Å². The second kappa shape index (κ2) is 7.38. The molecule has 0 amide bonds. The maximum Gasteiger partial charge on any atom is 0.512 e. The topological polar surface area (TPSA) is 93.7 Å². The highest BCUT2D eigenvalue weighted by Gasteiger charge is 2.18. The predicted molar refractivity (Wildman–Crippen MR) is 104 cm³/mol. The van der Waals surface area contributed by atoms with Gasteiger partial charge in [-0.1, -0.05) is 11.6 Å². The second-order valence-corrected chi connectivity index (χ2v) is 6.46. The number of carbonyl (C=O) groups is 1. The maximum absolute atomic E-state index is 11.0. The molecular weight excluding hydrogens is 384 g/mol. The van der Waals surface area contributed by atoms with Crippen molar-refractivity contribution in [2.24, 2.45) is 0 Å². The molecule has 8 heteroatoms. The number of carboxylic acid groups (broad SMARTS) is 1. The number of nitrogens with zero attached hydrogens (tertiary/aromatic N) is 1. The van der Waals surface area contributed by atoms with Crippen molar-refractivity contribution in [3.8, 4) is 17.4 Å². The van der Waals surface area contributed by atoms with Gasteiger partial charge in [-0.15, -0.1) is 0 Å². The van der Waals surface area contributed by atoms with Crippen molar-refractivity contribution in [2.45, 2.75) is 6.61 Å². The van der Waals surface area contributed by atoms with E-state index in [9.17, 15) is 4.79 Å². The molecule has 2 N–H and O–H groups in total. The number of H-pyrrole nitrogens is 1. The highest BCUT2D eigenvalue weighted by molar-refractivity contribution is 6.30. The molecule has 0 fully saturated rings. The summed E-state index contributed by atoms with van der Waals surface area (Å²) in [6.45, 7) is 0.141. The number of rotatable bonds is 5. The van der Waals surface area contributed by atoms with Crippen LogP contribution >= 0.6 is 11.6 Å². The number of fused-ring (bicyclic) bond motifs is 3. The van der Waals surface area contributed by atoms with Gasteiger partial charge in [-0.3, -0.25) is 0 Å². The molecule has 28 heavy (non-hydrogen) atoms. The summed E-state index contributed by atoms with van der Waals surface area (Å²) in [5.74, 6) is 1.26. The fraction of sp³-hybridized carbons (Fsp3) is 0.100. The summed E-state index contributed by atoms with van der Waals surface area (Å²) in [5, 5.41) is 11.2. The van der Waals surface area contributed by atoms with E-state index in [1.807, 2.05) is 18.2 Å². The third kappa shape index (κ3) is 3.45. The lowest BCUT2D eigenvalue weighted by atomic mass is 10.1. The number of pyridine rings is 1. The van der Waals surface area contributed by atoms with Crippen LogP contribution in [0, 0.1) is 0 Å². The van der Waals surface area contributed by atoms with Crippen molar-refractivity contribution in [1.82, 2.24) is 9.97 Å². The predicted octanol–water partition coefficient (Wildman–Crippen LogP) is 5.37. The number of methoxy groups -OCH3 is 1. The van der Waals surface area contributed by atoms with Crippen LogP contribution in [0.4, 0.5) is 4.79 Å². The summed E-state index contributed by atoms with van der Waals surface area (Å²) < 4.78 is 16.0. The van der Waals surface area contributed by atoms with Crippen LogP contribution in [0.5, 0.6) is 17.4 Å². The average molecular weight is 399 g/mol. The van der Waals surface area contributed by atoms with Gasteiger partial charge < -0.3 is 24.3 Å². The van der Waals surface area contributed by atoms with Gasteiger partial charge in [0.1, 0.15) is 11.5 Å². The molecule has 0 bridgehead atoms. The SMILES string of the molecule is COCc1c(OC(=O)O)ncc2[nH]c3ccc(Oc4ccc(Cl)cc4)cc3c12. The van der Waals surface area contributed by atoms with Crippen LogP contribution in [0.25, 0.3) is 21.8 Å². The Balaban J connectivity index is 1.85. The summed E-state index contributed by atoms with van der Waals surface area (Å²) in [6.07, 6.45) is 0.0998. The normalized spacial score (nSPS) is 11.1. The van der Waals surface area contributed by atoms with Crippen molar-refractivity contribution in [2.75, 3.05) is 7.11 Å². The van der Waals surface area contributed by atoms with E-state index in [4.69, 9.17) is 30.9 Å². The Hall–Kier alpha value is -3.29. The van der Waals surface area contributed by atoms with Gasteiger partial charge >= 0.3 is 6.16 Å². The summed E-state index contributed by atoms with van der Waals surface area (Å²) >= 11 is 5.91. The van der Waals surface area contributed by atoms with Gasteiger partial charge in [0.25, 0.3) is 0 Å². The lowest BCUT2D eigenvalue weighted by molar-refractivity contribution is 0.139. The number of nitrogens with one attached hydrogen (secondary N) is 1. The van der Waals surface area contributed by atoms with Crippen LogP contribution < -0.4 is 9.47 Å². The van der Waals surface area contributed by atoms with Crippen molar-refractivity contribution in [1.29, 1.82) is 0 Å². The smallest absolute Gasteiger partial charge is 0.457 e. The molecule has 2 heterocycles. The fourth-order valence-corrected chi connectivity index (χ4v) is 3.20. The number of hydrogen-bond acceptors (Lipinski definition) is 5. The minimum absolute atomic E-state index is 0.00762. The molecule has 0 aliphatic heterocycles. The molecule has 4 rings (SSSR count). The van der Waals surface area contributed by atoms with Gasteiger partial charge in [0.15, 0.2) is 0 Å². The van der Waals surface area contributed by atoms with Gasteiger partial charge in [0.05, 0.1) is 23.9 Å². The van der Waals surface area contributed by atoms with Crippen molar-refractivity contribution >= 4 is 39.6 Å². The molecule has 0 radical (unpaired) electrons. The van der Waals surface area contributed by atoms with E-state index < -0.39 is 6.16 Å². The molecule has 0 saturated heterocycles. The number of ether oxygens (including phenoxy) is 3. The van der Waals surface area contributed by atoms with Crippen LogP contribution in [0.2, 0.25) is 5.02 Å². The standard InChI is InChI=1S/C20H15ClN2O5/c1-26-10-15-18-14-8-13(27-12-4-2-11(21)3-5-12)6-7-16(14)23-17(18)9-22-19(15)28-20(24)25/h2-9,23H,10H2,1H3,(H,24,25). The molecule has 142 valence electrons. The Morgan fingerprint density at radius 3 is 2.61 bits per heavy atom. The van der Waals surface area contributed by atoms with Crippen LogP contribution in [-0.4, -0.2) is 28.3 Å². The number of hydrogen-bond donors (Lipinski definition) is 2. The van der Waals surface area contributed by atoms with Crippen molar-refractivity contribution in [3.63, 3.8) is 0 Å². The zero-order valence-corrected chi connectivity index (χ0v) is 15.5. The van der Waals surface area contributed by atoms with E-state index in [0.29, 0.717) is 22.1 Å². The quantitative estimate of drug-likeness (QED) is 0.439. The Bertz CT molecular complexity index is 1170. The molecule has 0 aliphatic rings. The first-order chi connectivity index (χ1) is 13.5. The zero-order valence-electron chi connectivity index (χ0n) is 14.7. The van der Waals surface area contributed by atoms with Crippen molar-refractivity contribution in [3.05, 3.63) is 59.2 Å². The van der Waals surface area contributed by atoms with Gasteiger partial charge in [0.2, 0.25) is 5.88 Å². The first kappa shape index (κ1) is 18.1. The monoisotopic (exact) mass is 398 g/mol. The Kier molecular flexibility index (Phi) is 4.77. The van der Waals surface area contributed by atoms with E-state index in [-0.39, 0.29) is 12.5 Å². The van der Waals surface area contributed by atoms with E-state index >= 15 is 0 Å². The van der Waals surface area contributed by atoms with Crippen LogP contribution in [0.3, 0.4) is 0 Å². The molecule has 7 nitrogen and oxygen atoms in total. The first-order valence-corrected chi connectivity index (χ1v) is 8.69. The third-order valence-electron chi connectivity index (χ3n) is 4.19. The maximum atomic E-state index is 11.0. The third-order valence-corrected chi connectivity index (χ3v) is 4.44. The average Bonchev–Trinajstić information content (AvgIpc) is 3.03. The highest BCUT2D eigenvalue weighted by atomic mass is 35.5. The number of benzene rings is 2. The zero-order chi connectivity index (χ0) is 19.7. The Morgan fingerprint density at radius 2 is 1.89 bits per heavy atom. The molecular formula is C20H15ClN2O5. The number of halogens is 1. The fourth-order valence-electron chi connectivity index (χ4n) is 3.07. The molecule has 0 atom stereocenters. The van der Waals surface area contributed by atoms with Gasteiger partial charge in [0, 0.05) is 28.4 Å². The van der Waals surface area contributed by atoms with E-state index in [1.54, 1.807) is 24.3 Å². The van der Waals surface area contributed by atoms with Crippen molar-refractivity contribution < 1.29 is 24.1 Å². The minimum atomic E-state index is -1.43. The van der Waals surface area contributed by atoms with E-state index in [2.05, 4.69) is 9.97 Å². The summed E-state index contributed by atoms with van der Waals surface area (Å²) in [6, 6.07) is 12.6. The largest absolute Gasteiger partial charge is 0.512 e. The lowest BCUT2D eigenvalue weighted by Crippen LogP contribution is -2.07. The number of aromatic nitrogens is 2. The first-order valence-electron chi connectivity index (χ1n) is 8.31. The highest BCUT2D eigenvalue weighted by Crippen LogP contribution is 2.35. The molecule has 0 saturated carbocycles. The number of aromatic amines is 1. The summed E-state index contributed by atoms with van der Waals surface area (Å²) in [7, 11) is 1.52. The Morgan fingerprint density at radius 1 is 1.14 bits per heavy atom. The van der Waals surface area contributed by atoms with Crippen LogP contribution in [0.15, 0.2) is 48.7 Å². The summed E-state index contributed by atoms with van der Waals surface area (Å²) in [5.41, 5.74) is 2.13. The molecule has 2 aromatic heterocycles. The lowest BCUT2D eigenvalue weighted by Gasteiger charge is -2.09. The van der Waals surface area contributed by atoms with Gasteiger partial charge in [-0.25, -0.2) is 9.78 Å². The van der Waals surface area contributed by atoms with E-state index in [1.165, 1.54) is 13.3 Å². The minimum Gasteiger partial charge on any atom is -0.457 e. The van der Waals surface area contributed by atoms with Gasteiger partial charge in [-0.05, 0) is 42.5 Å². The van der Waals surface area contributed by atoms with Gasteiger partial charge in [-0.2, -0.15) is 0 Å². The van der Waals surface area contributed by atoms with E-state index in [0.717, 1.165) is 21.8 Å². The Labute approximate surface area is 164 Å².